The molecule has 0 aliphatic heterocycles. The lowest BCUT2D eigenvalue weighted by Gasteiger charge is -2.16. The molecule has 0 fully saturated rings. The standard InChI is InChI=1S/C14H19ClN2O3Si/c1-21(2,3)7-6-20-9-17-11(14(18)19)8-10-4-5-16-13(15)12(10)17/h4-5,8H,6-7,9H2,1-3H3,(H,18,19). The number of hydrogen-bond donors (Lipinski definition) is 1. The Balaban J connectivity index is 2.24. The molecule has 0 spiro atoms. The van der Waals surface area contributed by atoms with Crippen molar-refractivity contribution in [2.45, 2.75) is 32.4 Å². The summed E-state index contributed by atoms with van der Waals surface area (Å²) in [4.78, 5) is 15.4. The number of pyridine rings is 1. The summed E-state index contributed by atoms with van der Waals surface area (Å²) in [6.45, 7) is 7.59. The van der Waals surface area contributed by atoms with Gasteiger partial charge < -0.3 is 14.4 Å². The van der Waals surface area contributed by atoms with E-state index in [1.54, 1.807) is 22.9 Å². The highest BCUT2D eigenvalue weighted by atomic mass is 35.5. The van der Waals surface area contributed by atoms with Crippen molar-refractivity contribution in [2.75, 3.05) is 6.61 Å². The number of hydrogen-bond acceptors (Lipinski definition) is 3. The van der Waals surface area contributed by atoms with Gasteiger partial charge in [0.15, 0.2) is 5.15 Å². The maximum atomic E-state index is 11.4. The molecule has 2 aromatic rings. The van der Waals surface area contributed by atoms with Gasteiger partial charge in [-0.05, 0) is 18.2 Å². The second kappa shape index (κ2) is 6.17. The van der Waals surface area contributed by atoms with Crippen LogP contribution < -0.4 is 0 Å². The van der Waals surface area contributed by atoms with Gasteiger partial charge in [0, 0.05) is 26.3 Å². The summed E-state index contributed by atoms with van der Waals surface area (Å²) >= 11 is 6.09. The van der Waals surface area contributed by atoms with Crippen molar-refractivity contribution in [3.8, 4) is 0 Å². The Morgan fingerprint density at radius 1 is 1.48 bits per heavy atom. The average molecular weight is 327 g/mol. The van der Waals surface area contributed by atoms with Crippen molar-refractivity contribution < 1.29 is 14.6 Å². The number of fused-ring (bicyclic) bond motifs is 1. The average Bonchev–Trinajstić information content (AvgIpc) is 2.74. The second-order valence-electron chi connectivity index (χ2n) is 6.15. The summed E-state index contributed by atoms with van der Waals surface area (Å²) in [5.41, 5.74) is 0.762. The molecule has 0 aliphatic rings. The number of aromatic carboxylic acids is 1. The van der Waals surface area contributed by atoms with Crippen LogP contribution in [0.2, 0.25) is 30.8 Å². The minimum Gasteiger partial charge on any atom is -0.477 e. The highest BCUT2D eigenvalue weighted by molar-refractivity contribution is 6.76. The van der Waals surface area contributed by atoms with Crippen LogP contribution in [0.1, 0.15) is 10.5 Å². The summed E-state index contributed by atoms with van der Waals surface area (Å²) < 4.78 is 7.22. The first-order valence-electron chi connectivity index (χ1n) is 6.74. The first kappa shape index (κ1) is 16.0. The van der Waals surface area contributed by atoms with Gasteiger partial charge in [-0.25, -0.2) is 9.78 Å². The molecule has 0 radical (unpaired) electrons. The van der Waals surface area contributed by atoms with E-state index in [9.17, 15) is 9.90 Å². The van der Waals surface area contributed by atoms with Crippen LogP contribution in [-0.2, 0) is 11.5 Å². The molecular formula is C14H19ClN2O3Si. The Labute approximate surface area is 129 Å². The van der Waals surface area contributed by atoms with Crippen LogP contribution in [0.3, 0.4) is 0 Å². The van der Waals surface area contributed by atoms with E-state index in [4.69, 9.17) is 16.3 Å². The second-order valence-corrected chi connectivity index (χ2v) is 12.1. The van der Waals surface area contributed by atoms with Crippen molar-refractivity contribution in [1.29, 1.82) is 0 Å². The Bertz CT molecular complexity index is 664. The number of ether oxygens (including phenoxy) is 1. The minimum atomic E-state index is -1.17. The maximum Gasteiger partial charge on any atom is 0.352 e. The monoisotopic (exact) mass is 326 g/mol. The van der Waals surface area contributed by atoms with E-state index < -0.39 is 14.0 Å². The van der Waals surface area contributed by atoms with Crippen LogP contribution in [0, 0.1) is 0 Å². The largest absolute Gasteiger partial charge is 0.477 e. The molecule has 0 atom stereocenters. The van der Waals surface area contributed by atoms with Crippen molar-refractivity contribution >= 4 is 36.5 Å². The fourth-order valence-corrected chi connectivity index (χ4v) is 3.04. The molecule has 5 nitrogen and oxygen atoms in total. The molecule has 0 bridgehead atoms. The van der Waals surface area contributed by atoms with E-state index in [1.165, 1.54) is 0 Å². The van der Waals surface area contributed by atoms with E-state index >= 15 is 0 Å². The fourth-order valence-electron chi connectivity index (χ4n) is 2.02. The third-order valence-electron chi connectivity index (χ3n) is 3.20. The Kier molecular flexibility index (Phi) is 4.70. The van der Waals surface area contributed by atoms with Gasteiger partial charge in [0.25, 0.3) is 0 Å². The van der Waals surface area contributed by atoms with Crippen molar-refractivity contribution in [3.63, 3.8) is 0 Å². The number of aromatic nitrogens is 2. The van der Waals surface area contributed by atoms with Gasteiger partial charge in [0.1, 0.15) is 12.4 Å². The van der Waals surface area contributed by atoms with Crippen LogP contribution in [0.5, 0.6) is 0 Å². The molecule has 0 saturated heterocycles. The fraction of sp³-hybridized carbons (Fsp3) is 0.429. The number of halogens is 1. The maximum absolute atomic E-state index is 11.4. The van der Waals surface area contributed by atoms with E-state index in [0.29, 0.717) is 12.1 Å². The molecule has 0 aromatic carbocycles. The molecule has 2 rings (SSSR count). The van der Waals surface area contributed by atoms with E-state index in [2.05, 4.69) is 24.6 Å². The molecule has 114 valence electrons. The highest BCUT2D eigenvalue weighted by Crippen LogP contribution is 2.25. The van der Waals surface area contributed by atoms with Gasteiger partial charge in [0.2, 0.25) is 0 Å². The van der Waals surface area contributed by atoms with Crippen LogP contribution >= 0.6 is 11.6 Å². The van der Waals surface area contributed by atoms with Crippen molar-refractivity contribution in [2.24, 2.45) is 0 Å². The molecule has 0 amide bonds. The molecule has 1 N–H and O–H groups in total. The van der Waals surface area contributed by atoms with Gasteiger partial charge in [-0.1, -0.05) is 31.2 Å². The van der Waals surface area contributed by atoms with E-state index in [-0.39, 0.29) is 17.6 Å². The Morgan fingerprint density at radius 3 is 2.81 bits per heavy atom. The predicted octanol–water partition coefficient (Wildman–Crippen LogP) is 3.70. The molecule has 0 saturated carbocycles. The van der Waals surface area contributed by atoms with Gasteiger partial charge in [0.05, 0.1) is 5.52 Å². The normalized spacial score (nSPS) is 12.0. The Morgan fingerprint density at radius 2 is 2.19 bits per heavy atom. The van der Waals surface area contributed by atoms with Crippen LogP contribution in [0.4, 0.5) is 0 Å². The quantitative estimate of drug-likeness (QED) is 0.499. The lowest BCUT2D eigenvalue weighted by Crippen LogP contribution is -2.22. The van der Waals surface area contributed by atoms with Crippen LogP contribution in [-0.4, -0.2) is 35.3 Å². The molecule has 2 heterocycles. The minimum absolute atomic E-state index is 0.160. The first-order chi connectivity index (χ1) is 9.79. The molecule has 0 unspecified atom stereocenters. The molecule has 21 heavy (non-hydrogen) atoms. The molecule has 7 heteroatoms. The number of rotatable bonds is 6. The SMILES string of the molecule is C[Si](C)(C)CCOCn1c(C(=O)O)cc2ccnc(Cl)c21. The first-order valence-corrected chi connectivity index (χ1v) is 10.8. The third kappa shape index (κ3) is 3.84. The zero-order valence-corrected chi connectivity index (χ0v) is 14.1. The molecule has 2 aromatic heterocycles. The van der Waals surface area contributed by atoms with Gasteiger partial charge in [-0.3, -0.25) is 0 Å². The Hall–Kier alpha value is -1.37. The van der Waals surface area contributed by atoms with Gasteiger partial charge in [-0.15, -0.1) is 0 Å². The predicted molar refractivity (Wildman–Crippen MR) is 85.8 cm³/mol. The van der Waals surface area contributed by atoms with E-state index in [0.717, 1.165) is 11.4 Å². The van der Waals surface area contributed by atoms with Gasteiger partial charge in [-0.2, -0.15) is 0 Å². The lowest BCUT2D eigenvalue weighted by atomic mass is 10.3. The van der Waals surface area contributed by atoms with Crippen LogP contribution in [0.25, 0.3) is 10.9 Å². The topological polar surface area (TPSA) is 64.3 Å². The number of carboxylic acid groups (broad SMARTS) is 1. The number of nitrogens with zero attached hydrogens (tertiary/aromatic N) is 2. The lowest BCUT2D eigenvalue weighted by molar-refractivity contribution is 0.0630. The summed E-state index contributed by atoms with van der Waals surface area (Å²) in [5, 5.41) is 10.3. The summed E-state index contributed by atoms with van der Waals surface area (Å²) in [7, 11) is -1.17. The number of carboxylic acids is 1. The van der Waals surface area contributed by atoms with Crippen molar-refractivity contribution in [1.82, 2.24) is 9.55 Å². The summed E-state index contributed by atoms with van der Waals surface area (Å²) in [6, 6.07) is 4.36. The van der Waals surface area contributed by atoms with Crippen molar-refractivity contribution in [3.05, 3.63) is 29.2 Å². The van der Waals surface area contributed by atoms with Crippen LogP contribution in [0.15, 0.2) is 18.3 Å². The zero-order chi connectivity index (χ0) is 15.6. The van der Waals surface area contributed by atoms with Gasteiger partial charge >= 0.3 is 5.97 Å². The molecule has 0 aliphatic carbocycles. The molecular weight excluding hydrogens is 308 g/mol. The zero-order valence-electron chi connectivity index (χ0n) is 12.4. The summed E-state index contributed by atoms with van der Waals surface area (Å²) in [5.74, 6) is -1.00. The smallest absolute Gasteiger partial charge is 0.352 e. The third-order valence-corrected chi connectivity index (χ3v) is 5.18. The summed E-state index contributed by atoms with van der Waals surface area (Å²) in [6.07, 6.45) is 1.56. The van der Waals surface area contributed by atoms with E-state index in [1.807, 2.05) is 0 Å². The number of carbonyl (C=O) groups is 1. The highest BCUT2D eigenvalue weighted by Gasteiger charge is 2.18.